The fourth-order valence-electron chi connectivity index (χ4n) is 8.50. The van der Waals surface area contributed by atoms with E-state index in [1.165, 1.54) is 24.7 Å². The van der Waals surface area contributed by atoms with Crippen molar-refractivity contribution in [3.8, 4) is 44.9 Å². The topological polar surface area (TPSA) is 51.8 Å². The largest absolute Gasteiger partial charge is 3.00 e. The van der Waals surface area contributed by atoms with Gasteiger partial charge in [0.05, 0.1) is 19.4 Å². The summed E-state index contributed by atoms with van der Waals surface area (Å²) in [6.07, 6.45) is -1.91. The normalized spacial score (nSPS) is 15.2. The van der Waals surface area contributed by atoms with Crippen LogP contribution in [-0.2, 0) is 55.5 Å². The van der Waals surface area contributed by atoms with Crippen molar-refractivity contribution in [3.05, 3.63) is 234 Å². The van der Waals surface area contributed by atoms with E-state index in [0.29, 0.717) is 55.8 Å². The van der Waals surface area contributed by atoms with Gasteiger partial charge in [-0.05, 0) is 103 Å². The summed E-state index contributed by atoms with van der Waals surface area (Å²) in [6.45, 7) is 10.5. The predicted molar refractivity (Wildman–Crippen MR) is 275 cm³/mol. The first-order chi connectivity index (χ1) is 37.6. The molecule has 0 spiro atoms. The number of furan rings is 1. The Kier molecular flexibility index (Phi) is 9.62. The van der Waals surface area contributed by atoms with Gasteiger partial charge in [0.15, 0.2) is 0 Å². The molecule has 6 aromatic carbocycles. The Labute approximate surface area is 436 Å². The minimum absolute atomic E-state index is 0. The number of benzene rings is 6. The third kappa shape index (κ3) is 9.88. The molecule has 6 heteroatoms. The van der Waals surface area contributed by atoms with E-state index < -0.39 is 88.6 Å². The Hall–Kier alpha value is -6.85. The molecule has 0 amide bonds. The first-order valence-electron chi connectivity index (χ1n) is 28.3. The maximum absolute atomic E-state index is 16.1. The van der Waals surface area contributed by atoms with Crippen LogP contribution in [0.1, 0.15) is 91.4 Å². The summed E-state index contributed by atoms with van der Waals surface area (Å²) in [4.78, 5) is 14.1. The molecule has 0 saturated carbocycles. The third-order valence-electron chi connectivity index (χ3n) is 12.2. The number of rotatable bonds is 13. The van der Waals surface area contributed by atoms with E-state index in [2.05, 4.69) is 28.2 Å². The predicted octanol–water partition coefficient (Wildman–Crippen LogP) is 15.5. The summed E-state index contributed by atoms with van der Waals surface area (Å²) in [5, 5.41) is 0.684. The average molecular weight is 1090 g/mol. The van der Waals surface area contributed by atoms with Gasteiger partial charge in [-0.3, -0.25) is 0 Å². The number of pyridine rings is 3. The second-order valence-corrected chi connectivity index (χ2v) is 18.3. The molecule has 4 nitrogen and oxygen atoms in total. The number of aromatic nitrogens is 3. The van der Waals surface area contributed by atoms with Crippen molar-refractivity contribution in [2.75, 3.05) is 0 Å². The van der Waals surface area contributed by atoms with Gasteiger partial charge in [0.25, 0.3) is 0 Å². The Bertz CT molecular complexity index is 3870. The van der Waals surface area contributed by atoms with Crippen molar-refractivity contribution in [2.45, 2.75) is 76.9 Å². The number of halogens is 1. The summed E-state index contributed by atoms with van der Waals surface area (Å²) >= 11 is 0. The summed E-state index contributed by atoms with van der Waals surface area (Å²) in [7, 11) is 0. The van der Waals surface area contributed by atoms with Gasteiger partial charge in [-0.2, -0.15) is 0 Å². The zero-order valence-corrected chi connectivity index (χ0v) is 41.1. The molecule has 0 aliphatic heterocycles. The van der Waals surface area contributed by atoms with Crippen LogP contribution in [0, 0.1) is 24.0 Å². The van der Waals surface area contributed by atoms with Gasteiger partial charge in [0.2, 0.25) is 0 Å². The van der Waals surface area contributed by atoms with Crippen LogP contribution in [0.3, 0.4) is 0 Å². The monoisotopic (exact) mass is 1090 g/mol. The van der Waals surface area contributed by atoms with Crippen LogP contribution in [0.2, 0.25) is 0 Å². The van der Waals surface area contributed by atoms with E-state index >= 15 is 4.39 Å². The maximum atomic E-state index is 16.1. The van der Waals surface area contributed by atoms with Gasteiger partial charge in [-0.25, -0.2) is 4.39 Å². The molecule has 10 aromatic rings. The smallest absolute Gasteiger partial charge is 0.500 e. The second kappa shape index (κ2) is 19.3. The zero-order chi connectivity index (χ0) is 57.6. The molecule has 0 aliphatic rings. The number of fused-ring (bicyclic) bond motifs is 3. The molecule has 0 fully saturated rings. The molecule has 10 rings (SSSR count). The number of hydrogen-bond donors (Lipinski definition) is 0. The maximum Gasteiger partial charge on any atom is 3.00 e. The van der Waals surface area contributed by atoms with Crippen LogP contribution in [0.5, 0.6) is 0 Å². The van der Waals surface area contributed by atoms with E-state index in [4.69, 9.17) is 17.6 Å². The molecular formula is C63H53FIrN3O. The van der Waals surface area contributed by atoms with Gasteiger partial charge >= 0.3 is 20.1 Å². The van der Waals surface area contributed by atoms with E-state index in [9.17, 15) is 8.22 Å². The molecule has 0 atom stereocenters. The minimum atomic E-state index is -2.25. The minimum Gasteiger partial charge on any atom is -0.500 e. The zero-order valence-electron chi connectivity index (χ0n) is 50.7. The number of nitrogens with zero attached hydrogens (tertiary/aromatic N) is 3. The quantitative estimate of drug-likeness (QED) is 0.108. The Morgan fingerprint density at radius 3 is 1.62 bits per heavy atom. The fraction of sp³-hybridized carbons (Fsp3) is 0.190. The molecule has 0 radical (unpaired) electrons. The van der Waals surface area contributed by atoms with Gasteiger partial charge in [-0.15, -0.1) is 90.0 Å². The summed E-state index contributed by atoms with van der Waals surface area (Å²) in [5.41, 5.74) is 0.448. The third-order valence-corrected chi connectivity index (χ3v) is 12.2. The van der Waals surface area contributed by atoms with E-state index in [1.807, 2.05) is 36.4 Å². The van der Waals surface area contributed by atoms with E-state index in [0.717, 1.165) is 11.1 Å². The Morgan fingerprint density at radius 2 is 1.09 bits per heavy atom. The van der Waals surface area contributed by atoms with Gasteiger partial charge in [0.1, 0.15) is 11.4 Å². The van der Waals surface area contributed by atoms with Crippen LogP contribution in [-0.4, -0.2) is 15.0 Å². The second-order valence-electron chi connectivity index (χ2n) is 18.3. The molecule has 4 heterocycles. The van der Waals surface area contributed by atoms with E-state index in [-0.39, 0.29) is 42.2 Å². The van der Waals surface area contributed by atoms with E-state index in [1.54, 1.807) is 120 Å². The van der Waals surface area contributed by atoms with Crippen molar-refractivity contribution in [1.82, 2.24) is 15.0 Å². The van der Waals surface area contributed by atoms with Gasteiger partial charge in [0, 0.05) is 32.2 Å². The van der Waals surface area contributed by atoms with Crippen molar-refractivity contribution in [1.29, 1.82) is 0 Å². The average Bonchev–Trinajstić information content (AvgIpc) is 3.83. The van der Waals surface area contributed by atoms with Crippen LogP contribution in [0.25, 0.3) is 66.8 Å². The molecule has 69 heavy (non-hydrogen) atoms. The first kappa shape index (κ1) is 34.4. The van der Waals surface area contributed by atoms with Gasteiger partial charge < -0.3 is 19.4 Å². The van der Waals surface area contributed by atoms with Crippen molar-refractivity contribution >= 4 is 21.9 Å². The molecular weight excluding hydrogens is 1030 g/mol. The summed E-state index contributed by atoms with van der Waals surface area (Å²) in [6, 6.07) is 40.2. The molecule has 342 valence electrons. The standard InChI is InChI=1S/C63H53FN3O.Ir/c1-61(2,48-27-32-57(67-41-48)53-24-16-23-51-52-28-29-54(64)58(60(52)68-59(51)53)47-21-14-9-15-22-47)38-44-33-49(62(3,4)36-42-25-30-55(65-39-42)45-17-10-7-11-18-45)35-50(34-44)63(5,6)37-43-26-31-56(66-40-43)46-19-12-8-13-20-46;/h7-17,19,21-23,25-35,39-41H,36-38H2,1-6H3;/q-3;+3/i9D,14D,15D,21D,22D,29D,36D2,37D2,38D2;. The van der Waals surface area contributed by atoms with Crippen LogP contribution in [0.15, 0.2) is 181 Å². The molecule has 4 aromatic heterocycles. The van der Waals surface area contributed by atoms with Crippen LogP contribution >= 0.6 is 0 Å². The van der Waals surface area contributed by atoms with Crippen molar-refractivity contribution in [2.24, 2.45) is 0 Å². The molecule has 0 aliphatic carbocycles. The molecule has 0 bridgehead atoms. The first-order valence-corrected chi connectivity index (χ1v) is 22.3. The van der Waals surface area contributed by atoms with Gasteiger partial charge in [-0.1, -0.05) is 137 Å². The summed E-state index contributed by atoms with van der Waals surface area (Å²) < 4.78 is 132. The van der Waals surface area contributed by atoms with Crippen LogP contribution < -0.4 is 0 Å². The number of hydrogen-bond acceptors (Lipinski definition) is 4. The Balaban J connectivity index is 0.00000792. The van der Waals surface area contributed by atoms with Crippen molar-refractivity contribution < 1.29 is 45.4 Å². The Morgan fingerprint density at radius 1 is 0.536 bits per heavy atom. The summed E-state index contributed by atoms with van der Waals surface area (Å²) in [5.74, 6) is -1.13. The molecule has 0 unspecified atom stereocenters. The van der Waals surface area contributed by atoms with Crippen LogP contribution in [0.4, 0.5) is 4.39 Å². The SMILES string of the molecule is [2H]c1cc2c(oc3c(-c4ccc(C(C)(C)C([2H])([2H])c5cc(C(C)(C)C([2H])([2H])c6ccc(-c7[c-]cccc7)nc6)cc(C(C)(C)C([2H])([2H])c6ccc(-c7[c-]cccc7)nc6)c5)cn4)[c-]ccc32)c(-c2c([2H])c([2H])c([2H])c([2H])c2[2H])c1F.[Ir+3]. The molecule has 0 saturated heterocycles. The molecule has 0 N–H and O–H groups in total. The van der Waals surface area contributed by atoms with Crippen molar-refractivity contribution in [3.63, 3.8) is 0 Å². The fourth-order valence-corrected chi connectivity index (χ4v) is 8.50.